The van der Waals surface area contributed by atoms with Crippen molar-refractivity contribution >= 4 is 38.9 Å². The fraction of sp³-hybridized carbons (Fsp3) is 0.0625. The highest BCUT2D eigenvalue weighted by molar-refractivity contribution is 6.09. The molecule has 0 aliphatic heterocycles. The molecular weight excluding hydrogens is 797 g/mol. The van der Waals surface area contributed by atoms with Crippen molar-refractivity contribution in [1.29, 1.82) is 0 Å². The number of nitrogens with zero attached hydrogens (tertiary/aromatic N) is 2. The zero-order valence-electron chi connectivity index (χ0n) is 37.0. The molecule has 0 radical (unpaired) electrons. The summed E-state index contributed by atoms with van der Waals surface area (Å²) in [5, 5.41) is 2.53. The fourth-order valence-corrected chi connectivity index (χ4v) is 11.7. The maximum atomic E-state index is 2.44. The van der Waals surface area contributed by atoms with Crippen LogP contribution in [0.15, 0.2) is 243 Å². The van der Waals surface area contributed by atoms with Gasteiger partial charge in [-0.25, -0.2) is 0 Å². The number of para-hydroxylation sites is 2. The van der Waals surface area contributed by atoms with E-state index in [0.29, 0.717) is 0 Å². The van der Waals surface area contributed by atoms with Crippen molar-refractivity contribution in [2.75, 3.05) is 4.90 Å². The molecule has 1 aromatic heterocycles. The highest BCUT2D eigenvalue weighted by Crippen LogP contribution is 2.57. The molecule has 312 valence electrons. The molecule has 0 bridgehead atoms. The number of hydrogen-bond donors (Lipinski definition) is 0. The quantitative estimate of drug-likeness (QED) is 0.155. The molecule has 0 amide bonds. The summed E-state index contributed by atoms with van der Waals surface area (Å²) in [6.45, 7) is 4.73. The first kappa shape index (κ1) is 38.3. The van der Waals surface area contributed by atoms with E-state index in [4.69, 9.17) is 0 Å². The zero-order chi connectivity index (χ0) is 44.0. The number of rotatable bonds is 7. The Balaban J connectivity index is 0.944. The van der Waals surface area contributed by atoms with Gasteiger partial charge in [0.25, 0.3) is 0 Å². The van der Waals surface area contributed by atoms with Crippen molar-refractivity contribution < 1.29 is 0 Å². The Morgan fingerprint density at radius 2 is 0.818 bits per heavy atom. The molecule has 2 heteroatoms. The molecule has 0 spiro atoms. The first-order valence-electron chi connectivity index (χ1n) is 23.1. The average molecular weight is 843 g/mol. The predicted octanol–water partition coefficient (Wildman–Crippen LogP) is 16.6. The molecule has 0 fully saturated rings. The molecule has 1 heterocycles. The molecular formula is C64H46N2. The second-order valence-corrected chi connectivity index (χ2v) is 18.5. The Kier molecular flexibility index (Phi) is 8.51. The third kappa shape index (κ3) is 5.55. The van der Waals surface area contributed by atoms with E-state index >= 15 is 0 Å². The lowest BCUT2D eigenvalue weighted by molar-refractivity contribution is 0.660. The van der Waals surface area contributed by atoms with Crippen LogP contribution in [-0.4, -0.2) is 4.57 Å². The molecule has 0 saturated carbocycles. The van der Waals surface area contributed by atoms with Gasteiger partial charge in [0.05, 0.1) is 16.4 Å². The van der Waals surface area contributed by atoms with Crippen LogP contribution in [0.3, 0.4) is 0 Å². The van der Waals surface area contributed by atoms with Crippen molar-refractivity contribution in [2.45, 2.75) is 24.7 Å². The van der Waals surface area contributed by atoms with E-state index in [1.165, 1.54) is 88.6 Å². The molecule has 10 aromatic carbocycles. The third-order valence-electron chi connectivity index (χ3n) is 14.7. The molecule has 0 unspecified atom stereocenters. The van der Waals surface area contributed by atoms with Gasteiger partial charge >= 0.3 is 0 Å². The van der Waals surface area contributed by atoms with Crippen molar-refractivity contribution in [3.63, 3.8) is 0 Å². The molecule has 2 aliphatic carbocycles. The van der Waals surface area contributed by atoms with E-state index < -0.39 is 5.41 Å². The lowest BCUT2D eigenvalue weighted by atomic mass is 9.68. The van der Waals surface area contributed by atoms with E-state index in [1.54, 1.807) is 0 Å². The smallest absolute Gasteiger partial charge is 0.0713 e. The molecule has 0 atom stereocenters. The fourth-order valence-electron chi connectivity index (χ4n) is 11.7. The Morgan fingerprint density at radius 3 is 1.45 bits per heavy atom. The third-order valence-corrected chi connectivity index (χ3v) is 14.7. The van der Waals surface area contributed by atoms with Crippen LogP contribution in [0.25, 0.3) is 60.9 Å². The summed E-state index contributed by atoms with van der Waals surface area (Å²) in [4.78, 5) is 2.44. The van der Waals surface area contributed by atoms with E-state index in [1.807, 2.05) is 0 Å². The molecule has 13 rings (SSSR count). The van der Waals surface area contributed by atoms with Crippen LogP contribution >= 0.6 is 0 Å². The minimum atomic E-state index is -0.462. The van der Waals surface area contributed by atoms with Gasteiger partial charge < -0.3 is 9.47 Å². The van der Waals surface area contributed by atoms with Crippen LogP contribution in [0, 0.1) is 0 Å². The number of hydrogen-bond acceptors (Lipinski definition) is 1. The Bertz CT molecular complexity index is 3570. The van der Waals surface area contributed by atoms with Gasteiger partial charge in [0.1, 0.15) is 0 Å². The minimum Gasteiger partial charge on any atom is -0.310 e. The Labute approximate surface area is 386 Å². The summed E-state index contributed by atoms with van der Waals surface area (Å²) < 4.78 is 2.40. The molecule has 66 heavy (non-hydrogen) atoms. The lowest BCUT2D eigenvalue weighted by Crippen LogP contribution is -2.28. The highest BCUT2D eigenvalue weighted by atomic mass is 15.1. The minimum absolute atomic E-state index is 0.131. The number of benzene rings is 10. The molecule has 11 aromatic rings. The number of anilines is 3. The van der Waals surface area contributed by atoms with E-state index in [9.17, 15) is 0 Å². The standard InChI is InChI=1S/C64H46N2/c1-63(2)57-26-11-6-21-51(57)54-40-39-50(42-60(54)63)65(47-35-31-43(32-36-47)44-17-16-20-49(41-44)66-61-29-14-9-24-55(61)56-25-10-15-30-62(56)66)48-37-33-46(34-38-48)64(45-18-4-3-5-19-45)58-27-12-7-22-52(58)53-23-8-13-28-59(53)64/h3-42H,1-2H3. The second kappa shape index (κ2) is 14.7. The van der Waals surface area contributed by atoms with Gasteiger partial charge in [-0.1, -0.05) is 196 Å². The van der Waals surface area contributed by atoms with E-state index in [-0.39, 0.29) is 5.41 Å². The van der Waals surface area contributed by atoms with Crippen LogP contribution in [0.1, 0.15) is 47.2 Å². The van der Waals surface area contributed by atoms with Gasteiger partial charge in [-0.15, -0.1) is 0 Å². The summed E-state index contributed by atoms with van der Waals surface area (Å²) in [7, 11) is 0. The first-order chi connectivity index (χ1) is 32.5. The normalized spacial score (nSPS) is 13.8. The summed E-state index contributed by atoms with van der Waals surface area (Å²) in [5.41, 5.74) is 21.8. The molecule has 2 nitrogen and oxygen atoms in total. The van der Waals surface area contributed by atoms with Crippen molar-refractivity contribution in [3.05, 3.63) is 276 Å². The van der Waals surface area contributed by atoms with Crippen LogP contribution in [0.5, 0.6) is 0 Å². The van der Waals surface area contributed by atoms with Crippen LogP contribution in [0.4, 0.5) is 17.1 Å². The molecule has 2 aliphatic rings. The van der Waals surface area contributed by atoms with Gasteiger partial charge in [-0.3, -0.25) is 0 Å². The first-order valence-corrected chi connectivity index (χ1v) is 23.1. The maximum absolute atomic E-state index is 2.44. The SMILES string of the molecule is CC1(C)c2ccccc2-c2ccc(N(c3ccc(-c4cccc(-n5c6ccccc6c6ccccc65)c4)cc3)c3ccc(C4(c5ccccc5)c5ccccc5-c5ccccc54)cc3)cc21. The lowest BCUT2D eigenvalue weighted by Gasteiger charge is -2.34. The number of aromatic nitrogens is 1. The van der Waals surface area contributed by atoms with Crippen LogP contribution in [0.2, 0.25) is 0 Å². The summed E-state index contributed by atoms with van der Waals surface area (Å²) in [6, 6.07) is 89.9. The van der Waals surface area contributed by atoms with Gasteiger partial charge in [0.15, 0.2) is 0 Å². The van der Waals surface area contributed by atoms with Crippen LogP contribution < -0.4 is 4.90 Å². The highest BCUT2D eigenvalue weighted by Gasteiger charge is 2.46. The van der Waals surface area contributed by atoms with Gasteiger partial charge in [0, 0.05) is 38.9 Å². The van der Waals surface area contributed by atoms with Gasteiger partial charge in [0.2, 0.25) is 0 Å². The second-order valence-electron chi connectivity index (χ2n) is 18.5. The van der Waals surface area contributed by atoms with Crippen molar-refractivity contribution in [3.8, 4) is 39.1 Å². The number of fused-ring (bicyclic) bond motifs is 9. The summed E-state index contributed by atoms with van der Waals surface area (Å²) in [5.74, 6) is 0. The largest absolute Gasteiger partial charge is 0.310 e. The maximum Gasteiger partial charge on any atom is 0.0713 e. The molecule has 0 N–H and O–H groups in total. The van der Waals surface area contributed by atoms with Crippen LogP contribution in [-0.2, 0) is 10.8 Å². The predicted molar refractivity (Wildman–Crippen MR) is 276 cm³/mol. The van der Waals surface area contributed by atoms with Gasteiger partial charge in [-0.2, -0.15) is 0 Å². The monoisotopic (exact) mass is 842 g/mol. The van der Waals surface area contributed by atoms with Crippen molar-refractivity contribution in [2.24, 2.45) is 0 Å². The van der Waals surface area contributed by atoms with E-state index in [0.717, 1.165) is 22.7 Å². The zero-order valence-corrected chi connectivity index (χ0v) is 37.0. The van der Waals surface area contributed by atoms with Gasteiger partial charge in [-0.05, 0) is 127 Å². The molecule has 0 saturated heterocycles. The topological polar surface area (TPSA) is 8.17 Å². The van der Waals surface area contributed by atoms with E-state index in [2.05, 4.69) is 266 Å². The van der Waals surface area contributed by atoms with Crippen molar-refractivity contribution in [1.82, 2.24) is 4.57 Å². The summed E-state index contributed by atoms with van der Waals surface area (Å²) >= 11 is 0. The summed E-state index contributed by atoms with van der Waals surface area (Å²) in [6.07, 6.45) is 0. The Morgan fingerprint density at radius 1 is 0.333 bits per heavy atom. The average Bonchev–Trinajstić information content (AvgIpc) is 3.96. The Hall–Kier alpha value is -8.20.